The molecule has 21 rings (SSSR count). The van der Waals surface area contributed by atoms with Gasteiger partial charge in [0, 0.05) is 95.8 Å². The standard InChI is InChI=1S/C102H79BN4S2/c1-100(2,3)68-53-67(54-69(59-68)101(4,5)6)64-46-50-81-90(57-64)107(99-71(65-48-52-95-80(55-65)78-34-18-24-44-94(78)108-95)35-25-42-89(99)105-85-39-21-15-31-75(85)76-32-16-22-40-86(76)105)92-61-70(102(7,8)9)60-91-97(92)103(81)82-56-63(62-27-11-10-12-28-62)47-51-87(82)106(91)98-72(66-45-49-79-77-33-17-23-43-93(77)109-96(79)58-66)36-26-41-88(98)104-83-37-19-13-29-73(83)74-30-14-20-38-84(74)104/h10-61H,1-9H3/i10D,11D,12D,27D,28D. The van der Waals surface area contributed by atoms with Crippen LogP contribution in [-0.4, -0.2) is 15.8 Å². The molecule has 0 aliphatic carbocycles. The van der Waals surface area contributed by atoms with Crippen molar-refractivity contribution in [3.05, 3.63) is 332 Å². The molecule has 0 spiro atoms. The Labute approximate surface area is 651 Å². The first-order valence-electron chi connectivity index (χ1n) is 40.4. The first kappa shape index (κ1) is 60.1. The number of aromatic nitrogens is 2. The number of rotatable bonds is 8. The Bertz CT molecular complexity index is 7190. The van der Waals surface area contributed by atoms with Gasteiger partial charge in [0.2, 0.25) is 0 Å². The number of benzene rings is 15. The molecular weight excluding hydrogens is 1360 g/mol. The Hall–Kier alpha value is -12.0. The fourth-order valence-corrected chi connectivity index (χ4v) is 20.0. The zero-order chi connectivity index (χ0) is 77.9. The van der Waals surface area contributed by atoms with Gasteiger partial charge in [0.15, 0.2) is 0 Å². The number of hydrogen-bond acceptors (Lipinski definition) is 4. The number of hydrogen-bond donors (Lipinski definition) is 0. The summed E-state index contributed by atoms with van der Waals surface area (Å²) in [4.78, 5) is 5.22. The van der Waals surface area contributed by atoms with E-state index in [9.17, 15) is 5.48 Å². The highest BCUT2D eigenvalue weighted by Crippen LogP contribution is 2.55. The lowest BCUT2D eigenvalue weighted by Gasteiger charge is -2.46. The van der Waals surface area contributed by atoms with Crippen molar-refractivity contribution < 1.29 is 6.85 Å². The number of anilines is 6. The molecule has 0 saturated carbocycles. The third-order valence-electron chi connectivity index (χ3n) is 23.2. The monoisotopic (exact) mass is 1440 g/mol. The molecule has 0 bridgehead atoms. The molecule has 7 heteroatoms. The minimum Gasteiger partial charge on any atom is -0.309 e. The molecule has 0 saturated heterocycles. The highest BCUT2D eigenvalue weighted by Gasteiger charge is 2.47. The summed E-state index contributed by atoms with van der Waals surface area (Å²) in [6.45, 7) is 20.4. The van der Waals surface area contributed by atoms with Gasteiger partial charge in [0.1, 0.15) is 0 Å². The van der Waals surface area contributed by atoms with E-state index >= 15 is 0 Å². The maximum atomic E-state index is 9.79. The van der Waals surface area contributed by atoms with Gasteiger partial charge in [-0.15, -0.1) is 22.7 Å². The minimum absolute atomic E-state index is 0.147. The van der Waals surface area contributed by atoms with Gasteiger partial charge >= 0.3 is 0 Å². The number of nitrogens with zero attached hydrogens (tertiary/aromatic N) is 4. The summed E-state index contributed by atoms with van der Waals surface area (Å²) in [5.74, 6) is 0. The molecule has 4 nitrogen and oxygen atoms in total. The topological polar surface area (TPSA) is 16.3 Å². The largest absolute Gasteiger partial charge is 0.309 e. The SMILES string of the molecule is [2H]c1c([2H])c([2H])c(-c2ccc3c(c2)B2c4ccc(-c5cc(C(C)(C)C)cc(C(C)(C)C)c5)cc4N(c4c(-c5ccc6sc7ccccc7c6c5)cccc4-n4c5ccccc5c5ccccc54)c4cc(C(C)(C)C)cc(c42)N3c2c(-c3ccc4c(c3)sc3ccccc34)cccc2-n2c3ccccc3c3ccccc32)c([2H])c1[2H]. The summed E-state index contributed by atoms with van der Waals surface area (Å²) < 4.78 is 56.9. The molecule has 0 fully saturated rings. The summed E-state index contributed by atoms with van der Waals surface area (Å²) in [7, 11) is 0. The van der Waals surface area contributed by atoms with Gasteiger partial charge in [0.05, 0.1) is 51.7 Å². The van der Waals surface area contributed by atoms with Crippen molar-refractivity contribution >= 4 is 164 Å². The Morgan fingerprint density at radius 2 is 0.706 bits per heavy atom. The van der Waals surface area contributed by atoms with Crippen LogP contribution in [-0.2, 0) is 16.2 Å². The average molecular weight is 1440 g/mol. The van der Waals surface area contributed by atoms with Crippen LogP contribution < -0.4 is 26.2 Å². The molecule has 522 valence electrons. The summed E-state index contributed by atoms with van der Waals surface area (Å²) in [6.07, 6.45) is 0. The van der Waals surface area contributed by atoms with Crippen LogP contribution in [0.3, 0.4) is 0 Å². The average Bonchev–Trinajstić information content (AvgIpc) is 0.742. The molecule has 0 radical (unpaired) electrons. The zero-order valence-corrected chi connectivity index (χ0v) is 64.0. The maximum absolute atomic E-state index is 9.79. The summed E-state index contributed by atoms with van der Waals surface area (Å²) >= 11 is 3.65. The van der Waals surface area contributed by atoms with Crippen LogP contribution >= 0.6 is 22.7 Å². The van der Waals surface area contributed by atoms with Crippen LogP contribution in [0.15, 0.2) is 315 Å². The lowest BCUT2D eigenvalue weighted by Crippen LogP contribution is -2.61. The van der Waals surface area contributed by atoms with Gasteiger partial charge in [0.25, 0.3) is 6.71 Å². The van der Waals surface area contributed by atoms with Crippen molar-refractivity contribution in [3.63, 3.8) is 0 Å². The van der Waals surface area contributed by atoms with E-state index < -0.39 is 18.2 Å². The summed E-state index contributed by atoms with van der Waals surface area (Å²) in [5.41, 5.74) is 25.0. The number of thiophene rings is 2. The second-order valence-corrected chi connectivity index (χ2v) is 35.0. The van der Waals surface area contributed by atoms with E-state index in [0.29, 0.717) is 5.56 Å². The number of para-hydroxylation sites is 6. The van der Waals surface area contributed by atoms with E-state index in [1.165, 1.54) is 51.5 Å². The third-order valence-corrected chi connectivity index (χ3v) is 25.5. The van der Waals surface area contributed by atoms with E-state index in [1.54, 1.807) is 0 Å². The first-order chi connectivity index (χ1) is 55.0. The number of fused-ring (bicyclic) bond motifs is 16. The van der Waals surface area contributed by atoms with Crippen molar-refractivity contribution in [2.45, 2.75) is 78.6 Å². The second-order valence-electron chi connectivity index (χ2n) is 32.8. The molecule has 2 aliphatic heterocycles. The van der Waals surface area contributed by atoms with Crippen molar-refractivity contribution in [1.82, 2.24) is 9.13 Å². The van der Waals surface area contributed by atoms with Gasteiger partial charge < -0.3 is 18.9 Å². The fraction of sp³-hybridized carbons (Fsp3) is 0.118. The Balaban J connectivity index is 0.955. The Kier molecular flexibility index (Phi) is 13.4. The normalized spacial score (nSPS) is 13.8. The predicted octanol–water partition coefficient (Wildman–Crippen LogP) is 27.3. The van der Waals surface area contributed by atoms with E-state index in [1.807, 2.05) is 28.7 Å². The van der Waals surface area contributed by atoms with Crippen LogP contribution in [0, 0.1) is 0 Å². The van der Waals surface area contributed by atoms with E-state index in [2.05, 4.69) is 360 Å². The first-order valence-corrected chi connectivity index (χ1v) is 39.5. The van der Waals surface area contributed by atoms with Gasteiger partial charge in [-0.1, -0.05) is 287 Å². The van der Waals surface area contributed by atoms with Crippen molar-refractivity contribution in [2.24, 2.45) is 0 Å². The van der Waals surface area contributed by atoms with Crippen molar-refractivity contribution in [3.8, 4) is 55.9 Å². The maximum Gasteiger partial charge on any atom is 0.252 e. The fourth-order valence-electron chi connectivity index (χ4n) is 17.8. The molecule has 4 aromatic heterocycles. The van der Waals surface area contributed by atoms with Gasteiger partial charge in [-0.25, -0.2) is 0 Å². The molecule has 109 heavy (non-hydrogen) atoms. The molecule has 0 unspecified atom stereocenters. The predicted molar refractivity (Wildman–Crippen MR) is 473 cm³/mol. The van der Waals surface area contributed by atoms with Crippen LogP contribution in [0.2, 0.25) is 0 Å². The lowest BCUT2D eigenvalue weighted by molar-refractivity contribution is 0.569. The van der Waals surface area contributed by atoms with Crippen LogP contribution in [0.25, 0.3) is 140 Å². The highest BCUT2D eigenvalue weighted by atomic mass is 32.1. The lowest BCUT2D eigenvalue weighted by atomic mass is 9.33. The van der Waals surface area contributed by atoms with Crippen LogP contribution in [0.1, 0.15) is 85.9 Å². The molecule has 0 N–H and O–H groups in total. The van der Waals surface area contributed by atoms with Crippen molar-refractivity contribution in [2.75, 3.05) is 9.80 Å². The van der Waals surface area contributed by atoms with Gasteiger partial charge in [-0.2, -0.15) is 0 Å². The van der Waals surface area contributed by atoms with Gasteiger partial charge in [-0.05, 0) is 174 Å². The molecule has 19 aromatic rings. The van der Waals surface area contributed by atoms with Gasteiger partial charge in [-0.3, -0.25) is 0 Å². The molecule has 0 amide bonds. The van der Waals surface area contributed by atoms with Crippen LogP contribution in [0.4, 0.5) is 34.1 Å². The van der Waals surface area contributed by atoms with Crippen LogP contribution in [0.5, 0.6) is 0 Å². The second kappa shape index (κ2) is 24.3. The molecular formula is C102H79BN4S2. The van der Waals surface area contributed by atoms with E-state index in [0.717, 1.165) is 144 Å². The van der Waals surface area contributed by atoms with Crippen molar-refractivity contribution in [1.29, 1.82) is 0 Å². The summed E-state index contributed by atoms with van der Waals surface area (Å²) in [5, 5.41) is 9.46. The molecule has 2 aliphatic rings. The van der Waals surface area contributed by atoms with E-state index in [-0.39, 0.29) is 40.6 Å². The molecule has 15 aromatic carbocycles. The quantitative estimate of drug-likeness (QED) is 0.141. The smallest absolute Gasteiger partial charge is 0.252 e. The zero-order valence-electron chi connectivity index (χ0n) is 67.3. The third kappa shape index (κ3) is 10.2. The highest BCUT2D eigenvalue weighted by molar-refractivity contribution is 7.26. The summed E-state index contributed by atoms with van der Waals surface area (Å²) in [6, 6.07) is 105. The Morgan fingerprint density at radius 3 is 1.26 bits per heavy atom. The Morgan fingerprint density at radius 1 is 0.275 bits per heavy atom. The molecule has 6 heterocycles. The minimum atomic E-state index is -0.526. The van der Waals surface area contributed by atoms with E-state index in [4.69, 9.17) is 1.37 Å². The molecule has 0 atom stereocenters.